The Kier molecular flexibility index (Phi) is 4.03. The number of methoxy groups -OCH3 is 1. The summed E-state index contributed by atoms with van der Waals surface area (Å²) >= 11 is 0. The molecule has 0 aliphatic rings. The fourth-order valence-corrected chi connectivity index (χ4v) is 1.90. The standard InChI is InChI=1S/C16H17NO3/c1-10(2)15(18)17-14-6-4-5-11-7-8-12(9-13(11)14)16(19)20-3/h4-10H,1-3H3,(H,17,18). The number of fused-ring (bicyclic) bond motifs is 1. The van der Waals surface area contributed by atoms with Crippen molar-refractivity contribution >= 4 is 28.3 Å². The summed E-state index contributed by atoms with van der Waals surface area (Å²) in [4.78, 5) is 23.4. The number of hydrogen-bond acceptors (Lipinski definition) is 3. The Labute approximate surface area is 117 Å². The van der Waals surface area contributed by atoms with E-state index in [0.29, 0.717) is 11.3 Å². The first-order valence-electron chi connectivity index (χ1n) is 6.45. The summed E-state index contributed by atoms with van der Waals surface area (Å²) in [6, 6.07) is 10.9. The number of rotatable bonds is 3. The molecule has 2 aromatic carbocycles. The molecule has 0 aliphatic carbocycles. The van der Waals surface area contributed by atoms with Gasteiger partial charge in [-0.05, 0) is 23.6 Å². The third-order valence-corrected chi connectivity index (χ3v) is 3.09. The summed E-state index contributed by atoms with van der Waals surface area (Å²) in [5, 5.41) is 4.66. The molecule has 0 aromatic heterocycles. The number of benzene rings is 2. The molecule has 4 heteroatoms. The molecule has 2 rings (SSSR count). The third-order valence-electron chi connectivity index (χ3n) is 3.09. The van der Waals surface area contributed by atoms with Crippen molar-refractivity contribution in [3.8, 4) is 0 Å². The fraction of sp³-hybridized carbons (Fsp3) is 0.250. The zero-order valence-corrected chi connectivity index (χ0v) is 11.8. The van der Waals surface area contributed by atoms with Crippen LogP contribution < -0.4 is 5.32 Å². The van der Waals surface area contributed by atoms with Crippen molar-refractivity contribution < 1.29 is 14.3 Å². The second-order valence-corrected chi connectivity index (χ2v) is 4.88. The van der Waals surface area contributed by atoms with E-state index in [1.165, 1.54) is 7.11 Å². The number of esters is 1. The monoisotopic (exact) mass is 271 g/mol. The molecule has 0 saturated heterocycles. The van der Waals surface area contributed by atoms with Gasteiger partial charge >= 0.3 is 5.97 Å². The van der Waals surface area contributed by atoms with Gasteiger partial charge in [-0.2, -0.15) is 0 Å². The van der Waals surface area contributed by atoms with Gasteiger partial charge < -0.3 is 10.1 Å². The molecule has 4 nitrogen and oxygen atoms in total. The Balaban J connectivity index is 2.49. The van der Waals surface area contributed by atoms with Crippen molar-refractivity contribution in [1.29, 1.82) is 0 Å². The first kappa shape index (κ1) is 14.1. The van der Waals surface area contributed by atoms with Crippen LogP contribution in [0, 0.1) is 5.92 Å². The Morgan fingerprint density at radius 1 is 1.15 bits per heavy atom. The summed E-state index contributed by atoms with van der Waals surface area (Å²) < 4.78 is 4.72. The molecular formula is C16H17NO3. The first-order valence-corrected chi connectivity index (χ1v) is 6.45. The van der Waals surface area contributed by atoms with Gasteiger partial charge in [0.1, 0.15) is 0 Å². The number of carbonyl (C=O) groups is 2. The van der Waals surface area contributed by atoms with Gasteiger partial charge in [0.25, 0.3) is 0 Å². The predicted molar refractivity (Wildman–Crippen MR) is 78.8 cm³/mol. The van der Waals surface area contributed by atoms with Gasteiger partial charge in [-0.1, -0.05) is 32.0 Å². The van der Waals surface area contributed by atoms with E-state index in [-0.39, 0.29) is 11.8 Å². The van der Waals surface area contributed by atoms with Gasteiger partial charge in [0.15, 0.2) is 0 Å². The summed E-state index contributed by atoms with van der Waals surface area (Å²) in [5.74, 6) is -0.549. The second kappa shape index (κ2) is 5.74. The van der Waals surface area contributed by atoms with Crippen LogP contribution in [0.1, 0.15) is 24.2 Å². The minimum atomic E-state index is -0.392. The number of hydrogen-bond donors (Lipinski definition) is 1. The highest BCUT2D eigenvalue weighted by Crippen LogP contribution is 2.25. The molecule has 0 spiro atoms. The lowest BCUT2D eigenvalue weighted by molar-refractivity contribution is -0.118. The van der Waals surface area contributed by atoms with Crippen molar-refractivity contribution in [2.45, 2.75) is 13.8 Å². The molecule has 0 heterocycles. The molecule has 1 amide bonds. The average molecular weight is 271 g/mol. The highest BCUT2D eigenvalue weighted by Gasteiger charge is 2.11. The van der Waals surface area contributed by atoms with Crippen LogP contribution in [0.15, 0.2) is 36.4 Å². The molecule has 0 saturated carbocycles. The zero-order valence-electron chi connectivity index (χ0n) is 11.8. The van der Waals surface area contributed by atoms with Gasteiger partial charge in [0, 0.05) is 17.0 Å². The summed E-state index contributed by atoms with van der Waals surface area (Å²) in [7, 11) is 1.35. The van der Waals surface area contributed by atoms with Gasteiger partial charge in [0.2, 0.25) is 5.91 Å². The quantitative estimate of drug-likeness (QED) is 0.872. The van der Waals surface area contributed by atoms with E-state index in [0.717, 1.165) is 10.8 Å². The predicted octanol–water partition coefficient (Wildman–Crippen LogP) is 3.22. The second-order valence-electron chi connectivity index (χ2n) is 4.88. The average Bonchev–Trinajstić information content (AvgIpc) is 2.46. The van der Waals surface area contributed by atoms with Crippen LogP contribution in [0.25, 0.3) is 10.8 Å². The van der Waals surface area contributed by atoms with E-state index >= 15 is 0 Å². The molecule has 0 unspecified atom stereocenters. The number of anilines is 1. The molecule has 0 bridgehead atoms. The molecular weight excluding hydrogens is 254 g/mol. The largest absolute Gasteiger partial charge is 0.465 e. The van der Waals surface area contributed by atoms with Crippen molar-refractivity contribution in [3.63, 3.8) is 0 Å². The van der Waals surface area contributed by atoms with Crippen molar-refractivity contribution in [3.05, 3.63) is 42.0 Å². The van der Waals surface area contributed by atoms with Crippen LogP contribution in [0.5, 0.6) is 0 Å². The van der Waals surface area contributed by atoms with Crippen LogP contribution in [-0.4, -0.2) is 19.0 Å². The maximum atomic E-state index is 11.8. The summed E-state index contributed by atoms with van der Waals surface area (Å²) in [6.07, 6.45) is 0. The van der Waals surface area contributed by atoms with Crippen molar-refractivity contribution in [2.24, 2.45) is 5.92 Å². The molecule has 2 aromatic rings. The first-order chi connectivity index (χ1) is 9.52. The maximum absolute atomic E-state index is 11.8. The molecule has 0 atom stereocenters. The zero-order chi connectivity index (χ0) is 14.7. The minimum Gasteiger partial charge on any atom is -0.465 e. The van der Waals surface area contributed by atoms with Crippen molar-refractivity contribution in [2.75, 3.05) is 12.4 Å². The highest BCUT2D eigenvalue weighted by atomic mass is 16.5. The molecule has 0 fully saturated rings. The van der Waals surface area contributed by atoms with Crippen LogP contribution >= 0.6 is 0 Å². The van der Waals surface area contributed by atoms with Crippen LogP contribution in [0.3, 0.4) is 0 Å². The third kappa shape index (κ3) is 2.79. The molecule has 0 radical (unpaired) electrons. The van der Waals surface area contributed by atoms with E-state index in [1.807, 2.05) is 38.1 Å². The van der Waals surface area contributed by atoms with Gasteiger partial charge in [-0.25, -0.2) is 4.79 Å². The fourth-order valence-electron chi connectivity index (χ4n) is 1.90. The number of nitrogens with one attached hydrogen (secondary N) is 1. The van der Waals surface area contributed by atoms with E-state index in [2.05, 4.69) is 5.32 Å². The van der Waals surface area contributed by atoms with Crippen LogP contribution in [0.4, 0.5) is 5.69 Å². The Bertz CT molecular complexity index is 662. The molecule has 20 heavy (non-hydrogen) atoms. The maximum Gasteiger partial charge on any atom is 0.337 e. The minimum absolute atomic E-state index is 0.0547. The number of carbonyl (C=O) groups excluding carboxylic acids is 2. The van der Waals surface area contributed by atoms with Crippen molar-refractivity contribution in [1.82, 2.24) is 0 Å². The van der Waals surface area contributed by atoms with Gasteiger partial charge in [0.05, 0.1) is 12.7 Å². The topological polar surface area (TPSA) is 55.4 Å². The molecule has 0 aliphatic heterocycles. The summed E-state index contributed by atoms with van der Waals surface area (Å²) in [5.41, 5.74) is 1.16. The van der Waals surface area contributed by atoms with E-state index in [9.17, 15) is 9.59 Å². The summed E-state index contributed by atoms with van der Waals surface area (Å²) in [6.45, 7) is 3.67. The molecule has 104 valence electrons. The number of amides is 1. The van der Waals surface area contributed by atoms with E-state index in [1.54, 1.807) is 12.1 Å². The van der Waals surface area contributed by atoms with Crippen LogP contribution in [0.2, 0.25) is 0 Å². The van der Waals surface area contributed by atoms with E-state index < -0.39 is 5.97 Å². The van der Waals surface area contributed by atoms with Gasteiger partial charge in [-0.3, -0.25) is 4.79 Å². The van der Waals surface area contributed by atoms with Crippen LogP contribution in [-0.2, 0) is 9.53 Å². The lowest BCUT2D eigenvalue weighted by Crippen LogP contribution is -2.17. The molecule has 1 N–H and O–H groups in total. The Morgan fingerprint density at radius 3 is 2.55 bits per heavy atom. The smallest absolute Gasteiger partial charge is 0.337 e. The SMILES string of the molecule is COC(=O)c1ccc2cccc(NC(=O)C(C)C)c2c1. The highest BCUT2D eigenvalue weighted by molar-refractivity contribution is 6.05. The normalized spacial score (nSPS) is 10.6. The lowest BCUT2D eigenvalue weighted by atomic mass is 10.0. The Morgan fingerprint density at radius 2 is 1.90 bits per heavy atom. The van der Waals surface area contributed by atoms with E-state index in [4.69, 9.17) is 4.74 Å². The number of ether oxygens (including phenoxy) is 1. The Hall–Kier alpha value is -2.36. The lowest BCUT2D eigenvalue weighted by Gasteiger charge is -2.11. The van der Waals surface area contributed by atoms with Gasteiger partial charge in [-0.15, -0.1) is 0 Å².